The Morgan fingerprint density at radius 1 is 1.26 bits per heavy atom. The summed E-state index contributed by atoms with van der Waals surface area (Å²) in [5.74, 6) is -1.08. The van der Waals surface area contributed by atoms with Crippen molar-refractivity contribution >= 4 is 21.9 Å². The second-order valence-electron chi connectivity index (χ2n) is 5.42. The van der Waals surface area contributed by atoms with Gasteiger partial charge < -0.3 is 14.8 Å². The first kappa shape index (κ1) is 15.7. The lowest BCUT2D eigenvalue weighted by Gasteiger charge is -2.21. The molecule has 0 aromatic heterocycles. The molecule has 0 bridgehead atoms. The number of rotatable bonds is 2. The van der Waals surface area contributed by atoms with Crippen LogP contribution in [0.25, 0.3) is 0 Å². The molecule has 1 amide bonds. The molecule has 2 atom stereocenters. The van der Waals surface area contributed by atoms with Gasteiger partial charge in [0.15, 0.2) is 15.1 Å². The molecule has 1 rings (SSSR count). The first-order valence-corrected chi connectivity index (χ1v) is 7.55. The van der Waals surface area contributed by atoms with Crippen LogP contribution in [0.3, 0.4) is 0 Å². The van der Waals surface area contributed by atoms with E-state index in [4.69, 9.17) is 4.74 Å². The first-order valence-electron chi connectivity index (χ1n) is 5.84. The SMILES string of the molecule is COC(=O)C1C[C@H](NC(=O)OC(C)(C)C)CS1(=O)=O. The summed E-state index contributed by atoms with van der Waals surface area (Å²) in [6.07, 6.45) is -0.688. The van der Waals surface area contributed by atoms with E-state index in [1.54, 1.807) is 20.8 Å². The molecule has 110 valence electrons. The number of alkyl carbamates (subject to hydrolysis) is 1. The van der Waals surface area contributed by atoms with Gasteiger partial charge in [-0.15, -0.1) is 0 Å². The maximum Gasteiger partial charge on any atom is 0.407 e. The lowest BCUT2D eigenvalue weighted by Crippen LogP contribution is -2.39. The minimum absolute atomic E-state index is 0.00818. The molecule has 1 heterocycles. The van der Waals surface area contributed by atoms with Crippen LogP contribution in [0.2, 0.25) is 0 Å². The number of nitrogens with one attached hydrogen (secondary N) is 1. The fraction of sp³-hybridized carbons (Fsp3) is 0.818. The van der Waals surface area contributed by atoms with E-state index in [1.165, 1.54) is 0 Å². The first-order chi connectivity index (χ1) is 8.55. The molecule has 1 fully saturated rings. The number of hydrogen-bond acceptors (Lipinski definition) is 6. The summed E-state index contributed by atoms with van der Waals surface area (Å²) in [6, 6.07) is -0.635. The normalized spacial score (nSPS) is 25.7. The molecule has 0 aromatic rings. The third kappa shape index (κ3) is 4.38. The highest BCUT2D eigenvalue weighted by atomic mass is 32.2. The van der Waals surface area contributed by atoms with Gasteiger partial charge in [-0.2, -0.15) is 0 Å². The number of ether oxygens (including phenoxy) is 2. The highest BCUT2D eigenvalue weighted by Crippen LogP contribution is 2.22. The molecule has 0 radical (unpaired) electrons. The summed E-state index contributed by atoms with van der Waals surface area (Å²) >= 11 is 0. The van der Waals surface area contributed by atoms with Crippen molar-refractivity contribution in [1.29, 1.82) is 0 Å². The molecule has 1 aliphatic heterocycles. The number of sulfone groups is 1. The maximum absolute atomic E-state index is 11.7. The maximum atomic E-state index is 11.7. The van der Waals surface area contributed by atoms with Crippen LogP contribution in [-0.4, -0.2) is 50.2 Å². The molecule has 1 N–H and O–H groups in total. The van der Waals surface area contributed by atoms with Crippen molar-refractivity contribution in [2.45, 2.75) is 44.1 Å². The van der Waals surface area contributed by atoms with Gasteiger partial charge >= 0.3 is 12.1 Å². The monoisotopic (exact) mass is 293 g/mol. The second kappa shape index (κ2) is 5.36. The molecule has 1 aliphatic rings. The minimum atomic E-state index is -3.58. The van der Waals surface area contributed by atoms with E-state index in [-0.39, 0.29) is 12.2 Å². The van der Waals surface area contributed by atoms with E-state index in [1.807, 2.05) is 0 Å². The average Bonchev–Trinajstić information content (AvgIpc) is 2.49. The van der Waals surface area contributed by atoms with Crippen LogP contribution in [0.4, 0.5) is 4.79 Å². The Labute approximate surface area is 112 Å². The summed E-state index contributed by atoms with van der Waals surface area (Å²) < 4.78 is 33.0. The molecule has 0 aromatic carbocycles. The summed E-state index contributed by atoms with van der Waals surface area (Å²) in [4.78, 5) is 22.9. The van der Waals surface area contributed by atoms with Gasteiger partial charge in [-0.1, -0.05) is 0 Å². The van der Waals surface area contributed by atoms with Crippen molar-refractivity contribution in [2.75, 3.05) is 12.9 Å². The standard InChI is InChI=1S/C11H19NO6S/c1-11(2,3)18-10(14)12-7-5-8(9(13)17-4)19(15,16)6-7/h7-8H,5-6H2,1-4H3,(H,12,14)/t7-,8?/m0/s1. The predicted octanol–water partition coefficient (Wildman–Crippen LogP) is 0.240. The van der Waals surface area contributed by atoms with Crippen LogP contribution in [0.1, 0.15) is 27.2 Å². The Kier molecular flexibility index (Phi) is 4.44. The molecule has 0 saturated carbocycles. The molecule has 1 saturated heterocycles. The van der Waals surface area contributed by atoms with E-state index in [0.29, 0.717) is 0 Å². The Morgan fingerprint density at radius 2 is 1.84 bits per heavy atom. The Bertz CT molecular complexity index is 464. The molecule has 8 heteroatoms. The van der Waals surface area contributed by atoms with Gasteiger partial charge in [-0.25, -0.2) is 13.2 Å². The Balaban J connectivity index is 2.65. The average molecular weight is 293 g/mol. The van der Waals surface area contributed by atoms with Crippen molar-refractivity contribution in [2.24, 2.45) is 0 Å². The molecule has 0 spiro atoms. The van der Waals surface area contributed by atoms with Crippen molar-refractivity contribution in [3.8, 4) is 0 Å². The number of hydrogen-bond donors (Lipinski definition) is 1. The largest absolute Gasteiger partial charge is 0.468 e. The lowest BCUT2D eigenvalue weighted by molar-refractivity contribution is -0.140. The zero-order valence-electron chi connectivity index (χ0n) is 11.4. The number of carbonyl (C=O) groups is 2. The van der Waals surface area contributed by atoms with E-state index < -0.39 is 38.8 Å². The number of amides is 1. The van der Waals surface area contributed by atoms with E-state index >= 15 is 0 Å². The zero-order chi connectivity index (χ0) is 14.8. The van der Waals surface area contributed by atoms with Crippen molar-refractivity contribution in [3.63, 3.8) is 0 Å². The third-order valence-electron chi connectivity index (χ3n) is 2.55. The van der Waals surface area contributed by atoms with E-state index in [9.17, 15) is 18.0 Å². The van der Waals surface area contributed by atoms with Crippen molar-refractivity contribution < 1.29 is 27.5 Å². The Morgan fingerprint density at radius 3 is 2.32 bits per heavy atom. The highest BCUT2D eigenvalue weighted by molar-refractivity contribution is 7.93. The predicted molar refractivity (Wildman–Crippen MR) is 67.4 cm³/mol. The van der Waals surface area contributed by atoms with Crippen LogP contribution in [0, 0.1) is 0 Å². The fourth-order valence-electron chi connectivity index (χ4n) is 1.82. The van der Waals surface area contributed by atoms with Crippen molar-refractivity contribution in [3.05, 3.63) is 0 Å². The summed E-state index contributed by atoms with van der Waals surface area (Å²) in [7, 11) is -2.45. The summed E-state index contributed by atoms with van der Waals surface area (Å²) in [6.45, 7) is 5.11. The van der Waals surface area contributed by atoms with Gasteiger partial charge in [0, 0.05) is 6.04 Å². The molecular formula is C11H19NO6S. The van der Waals surface area contributed by atoms with Crippen LogP contribution >= 0.6 is 0 Å². The summed E-state index contributed by atoms with van der Waals surface area (Å²) in [5, 5.41) is 1.24. The van der Waals surface area contributed by atoms with Gasteiger partial charge in [-0.3, -0.25) is 4.79 Å². The number of methoxy groups -OCH3 is 1. The van der Waals surface area contributed by atoms with Crippen LogP contribution in [-0.2, 0) is 24.1 Å². The van der Waals surface area contributed by atoms with Crippen molar-refractivity contribution in [1.82, 2.24) is 5.32 Å². The lowest BCUT2D eigenvalue weighted by atomic mass is 10.2. The highest BCUT2D eigenvalue weighted by Gasteiger charge is 2.44. The molecular weight excluding hydrogens is 274 g/mol. The van der Waals surface area contributed by atoms with Crippen LogP contribution < -0.4 is 5.32 Å². The molecule has 19 heavy (non-hydrogen) atoms. The molecule has 7 nitrogen and oxygen atoms in total. The van der Waals surface area contributed by atoms with Gasteiger partial charge in [0.05, 0.1) is 12.9 Å². The Hall–Kier alpha value is -1.31. The van der Waals surface area contributed by atoms with Crippen LogP contribution in [0.15, 0.2) is 0 Å². The summed E-state index contributed by atoms with van der Waals surface area (Å²) in [5.41, 5.74) is -0.663. The number of carbonyl (C=O) groups excluding carboxylic acids is 2. The van der Waals surface area contributed by atoms with E-state index in [0.717, 1.165) is 7.11 Å². The quantitative estimate of drug-likeness (QED) is 0.732. The van der Waals surface area contributed by atoms with Gasteiger partial charge in [0.1, 0.15) is 5.60 Å². The van der Waals surface area contributed by atoms with Gasteiger partial charge in [0.2, 0.25) is 0 Å². The smallest absolute Gasteiger partial charge is 0.407 e. The fourth-order valence-corrected chi connectivity index (χ4v) is 3.75. The van der Waals surface area contributed by atoms with Crippen LogP contribution in [0.5, 0.6) is 0 Å². The molecule has 0 aliphatic carbocycles. The third-order valence-corrected chi connectivity index (χ3v) is 4.67. The van der Waals surface area contributed by atoms with Gasteiger partial charge in [0.25, 0.3) is 0 Å². The topological polar surface area (TPSA) is 98.8 Å². The number of esters is 1. The minimum Gasteiger partial charge on any atom is -0.468 e. The second-order valence-corrected chi connectivity index (χ2v) is 7.65. The van der Waals surface area contributed by atoms with E-state index in [2.05, 4.69) is 10.1 Å². The molecule has 1 unspecified atom stereocenters. The van der Waals surface area contributed by atoms with Gasteiger partial charge in [-0.05, 0) is 27.2 Å². The zero-order valence-corrected chi connectivity index (χ0v) is 12.2.